The van der Waals surface area contributed by atoms with E-state index >= 15 is 0 Å². The van der Waals surface area contributed by atoms with Crippen LogP contribution in [0.15, 0.2) is 41.5 Å². The molecule has 0 bridgehead atoms. The van der Waals surface area contributed by atoms with E-state index < -0.39 is 0 Å². The number of piperidine rings is 1. The molecular formula is C25H28IN6O2-. The average Bonchev–Trinajstić information content (AvgIpc) is 3.19. The van der Waals surface area contributed by atoms with Crippen molar-refractivity contribution in [3.8, 4) is 11.3 Å². The molecule has 0 unspecified atom stereocenters. The molecule has 0 spiro atoms. The molecule has 0 saturated carbocycles. The number of fused-ring (bicyclic) bond motifs is 2. The van der Waals surface area contributed by atoms with Gasteiger partial charge in [0.25, 0.3) is 0 Å². The van der Waals surface area contributed by atoms with Gasteiger partial charge in [-0.25, -0.2) is 0 Å². The molecule has 4 aromatic heterocycles. The summed E-state index contributed by atoms with van der Waals surface area (Å²) in [4.78, 5) is 25.0. The van der Waals surface area contributed by atoms with E-state index in [2.05, 4.69) is 20.5 Å². The van der Waals surface area contributed by atoms with Crippen LogP contribution in [0.1, 0.15) is 41.6 Å². The number of aliphatic hydroxyl groups excluding tert-OH is 1. The number of nitrogens with zero attached hydrogens (tertiary/aromatic N) is 6. The summed E-state index contributed by atoms with van der Waals surface area (Å²) in [7, 11) is 0. The van der Waals surface area contributed by atoms with Gasteiger partial charge in [0, 0.05) is 6.54 Å². The number of β-amino-alcohol motifs (C(OH)–C–C–N with tert-alkyl or cyclic N) is 1. The Bertz CT molecular complexity index is 1420. The van der Waals surface area contributed by atoms with Gasteiger partial charge in [-0.2, -0.15) is 0 Å². The zero-order valence-electron chi connectivity index (χ0n) is 19.2. The van der Waals surface area contributed by atoms with E-state index in [0.717, 1.165) is 55.1 Å². The second kappa shape index (κ2) is 9.01. The molecule has 1 N–H and O–H groups in total. The molecule has 6 heterocycles. The number of aromatic nitrogens is 5. The van der Waals surface area contributed by atoms with Crippen LogP contribution in [0.3, 0.4) is 0 Å². The molecule has 0 aromatic carbocycles. The van der Waals surface area contributed by atoms with Crippen molar-refractivity contribution in [3.05, 3.63) is 64.0 Å². The molecule has 0 radical (unpaired) electrons. The van der Waals surface area contributed by atoms with Gasteiger partial charge < -0.3 is 10.0 Å². The number of likely N-dealkylation sites (tertiary alicyclic amines) is 1. The minimum atomic E-state index is -0.155. The van der Waals surface area contributed by atoms with Gasteiger partial charge in [-0.1, -0.05) is 0 Å². The van der Waals surface area contributed by atoms with Gasteiger partial charge in [0.05, 0.1) is 6.61 Å². The SMILES string of the molecule is Cc1cn2cc(-c3cc(=O)n4nc(C5CCN(CCO)CC5)ccc4n3)cc(C3C[I-]C3)c2n1. The summed E-state index contributed by atoms with van der Waals surface area (Å²) in [5, 5.41) is 13.9. The maximum atomic E-state index is 13.1. The fourth-order valence-electron chi connectivity index (χ4n) is 5.04. The first-order chi connectivity index (χ1) is 16.6. The zero-order chi connectivity index (χ0) is 23.2. The molecule has 0 amide bonds. The summed E-state index contributed by atoms with van der Waals surface area (Å²) < 4.78 is 6.12. The van der Waals surface area contributed by atoms with Gasteiger partial charge in [-0.3, -0.25) is 0 Å². The Hall–Kier alpha value is -2.37. The van der Waals surface area contributed by atoms with Gasteiger partial charge in [0.15, 0.2) is 0 Å². The number of hydrogen-bond donors (Lipinski definition) is 1. The molecule has 9 heteroatoms. The van der Waals surface area contributed by atoms with Gasteiger partial charge in [-0.05, 0) is 25.9 Å². The van der Waals surface area contributed by atoms with E-state index in [1.165, 1.54) is 18.9 Å². The molecular weight excluding hydrogens is 543 g/mol. The Kier molecular flexibility index (Phi) is 5.86. The van der Waals surface area contributed by atoms with E-state index in [1.54, 1.807) is 6.07 Å². The van der Waals surface area contributed by atoms with Crippen molar-refractivity contribution in [3.63, 3.8) is 0 Å². The van der Waals surface area contributed by atoms with Gasteiger partial charge in [0.2, 0.25) is 0 Å². The third-order valence-corrected chi connectivity index (χ3v) is 10.4. The van der Waals surface area contributed by atoms with Crippen molar-refractivity contribution >= 4 is 11.3 Å². The third-order valence-electron chi connectivity index (χ3n) is 6.99. The van der Waals surface area contributed by atoms with E-state index in [9.17, 15) is 4.79 Å². The van der Waals surface area contributed by atoms with Crippen molar-refractivity contribution in [1.82, 2.24) is 28.9 Å². The van der Waals surface area contributed by atoms with E-state index in [1.807, 2.05) is 31.5 Å². The zero-order valence-corrected chi connectivity index (χ0v) is 21.3. The molecule has 178 valence electrons. The second-order valence-electron chi connectivity index (χ2n) is 9.34. The van der Waals surface area contributed by atoms with Crippen LogP contribution in [0.25, 0.3) is 22.6 Å². The summed E-state index contributed by atoms with van der Waals surface area (Å²) in [6.45, 7) is 4.82. The number of halogens is 1. The number of aryl methyl sites for hydroxylation is 1. The number of alkyl halides is 2. The van der Waals surface area contributed by atoms with Crippen molar-refractivity contribution in [2.75, 3.05) is 35.1 Å². The molecule has 2 saturated heterocycles. The predicted molar refractivity (Wildman–Crippen MR) is 126 cm³/mol. The standard InChI is InChI=1S/C25H28IN6O2/c1-16-14-31-15-18(10-20(25(31)27-16)19-12-26-13-19)22-11-24(34)32-23(28-22)3-2-21(29-32)17-4-6-30(7-5-17)8-9-33/h2-3,10-11,14-15,17,19,33H,4-9,12-13H2,1H3/q-1. The molecule has 34 heavy (non-hydrogen) atoms. The molecule has 0 aliphatic carbocycles. The predicted octanol–water partition coefficient (Wildman–Crippen LogP) is -0.929. The molecule has 2 aliphatic heterocycles. The number of pyridine rings is 1. The first kappa shape index (κ1) is 22.1. The summed E-state index contributed by atoms with van der Waals surface area (Å²) >= 11 is 0.339. The van der Waals surface area contributed by atoms with Crippen molar-refractivity contribution < 1.29 is 26.3 Å². The first-order valence-electron chi connectivity index (χ1n) is 11.9. The van der Waals surface area contributed by atoms with Crippen molar-refractivity contribution in [2.24, 2.45) is 0 Å². The second-order valence-corrected chi connectivity index (χ2v) is 12.2. The Balaban J connectivity index is 1.35. The molecule has 2 aliphatic rings. The van der Waals surface area contributed by atoms with Crippen LogP contribution in [0.5, 0.6) is 0 Å². The van der Waals surface area contributed by atoms with Crippen LogP contribution in [0.2, 0.25) is 0 Å². The molecule has 2 fully saturated rings. The van der Waals surface area contributed by atoms with Crippen molar-refractivity contribution in [2.45, 2.75) is 31.6 Å². The monoisotopic (exact) mass is 571 g/mol. The third kappa shape index (κ3) is 4.03. The van der Waals surface area contributed by atoms with Crippen molar-refractivity contribution in [1.29, 1.82) is 0 Å². The molecule has 4 aromatic rings. The van der Waals surface area contributed by atoms with E-state index in [0.29, 0.717) is 44.4 Å². The van der Waals surface area contributed by atoms with Crippen LogP contribution in [-0.2, 0) is 0 Å². The topological polar surface area (TPSA) is 88.0 Å². The van der Waals surface area contributed by atoms with Crippen LogP contribution in [-0.4, -0.2) is 69.1 Å². The summed E-state index contributed by atoms with van der Waals surface area (Å²) in [6.07, 6.45) is 6.04. The fourth-order valence-corrected chi connectivity index (χ4v) is 7.24. The average molecular weight is 571 g/mol. The molecule has 8 nitrogen and oxygen atoms in total. The minimum absolute atomic E-state index is 0.155. The van der Waals surface area contributed by atoms with Gasteiger partial charge in [0.1, 0.15) is 0 Å². The van der Waals surface area contributed by atoms with Gasteiger partial charge >= 0.3 is 159 Å². The first-order valence-corrected chi connectivity index (χ1v) is 14.9. The Labute approximate surface area is 207 Å². The van der Waals surface area contributed by atoms with E-state index in [-0.39, 0.29) is 12.2 Å². The number of imidazole rings is 1. The molecule has 0 atom stereocenters. The summed E-state index contributed by atoms with van der Waals surface area (Å²) in [5.41, 5.74) is 6.30. The van der Waals surface area contributed by atoms with Gasteiger partial charge in [-0.15, -0.1) is 0 Å². The fraction of sp³-hybridized carbons (Fsp3) is 0.440. The summed E-state index contributed by atoms with van der Waals surface area (Å²) in [6, 6.07) is 7.74. The number of rotatable bonds is 5. The van der Waals surface area contributed by atoms with E-state index in [4.69, 9.17) is 15.1 Å². The normalized spacial score (nSPS) is 18.3. The summed E-state index contributed by atoms with van der Waals surface area (Å²) in [5.74, 6) is 0.900. The Morgan fingerprint density at radius 2 is 1.91 bits per heavy atom. The molecule has 6 rings (SSSR count). The quantitative estimate of drug-likeness (QED) is 0.246. The Morgan fingerprint density at radius 1 is 1.09 bits per heavy atom. The van der Waals surface area contributed by atoms with Crippen LogP contribution < -0.4 is 26.8 Å². The number of hydrogen-bond acceptors (Lipinski definition) is 6. The van der Waals surface area contributed by atoms with Crippen LogP contribution >= 0.6 is 0 Å². The Morgan fingerprint density at radius 3 is 2.65 bits per heavy atom. The van der Waals surface area contributed by atoms with Crippen LogP contribution in [0, 0.1) is 6.92 Å². The van der Waals surface area contributed by atoms with Crippen LogP contribution in [0.4, 0.5) is 0 Å². The maximum absolute atomic E-state index is 13.1. The number of aliphatic hydroxyl groups is 1.